The van der Waals surface area contributed by atoms with Crippen LogP contribution in [0.1, 0.15) is 32.8 Å². The summed E-state index contributed by atoms with van der Waals surface area (Å²) >= 11 is 1.88. The highest BCUT2D eigenvalue weighted by Gasteiger charge is 2.09. The maximum absolute atomic E-state index is 13.8. The van der Waals surface area contributed by atoms with Crippen molar-refractivity contribution in [2.45, 2.75) is 39.8 Å². The standard InChI is InChI=1S/C15H24FNOS/c1-4-19-10-6-9-18-15-13(11-17-12(2)3)7-5-8-14(15)16/h5,7-8,12,17H,4,6,9-11H2,1-3H3. The summed E-state index contributed by atoms with van der Waals surface area (Å²) in [6.07, 6.45) is 0.948. The monoisotopic (exact) mass is 285 g/mol. The number of nitrogens with one attached hydrogen (secondary N) is 1. The van der Waals surface area contributed by atoms with Crippen molar-refractivity contribution in [1.29, 1.82) is 0 Å². The van der Waals surface area contributed by atoms with Crippen molar-refractivity contribution < 1.29 is 9.13 Å². The van der Waals surface area contributed by atoms with E-state index in [4.69, 9.17) is 4.74 Å². The second-order valence-corrected chi connectivity index (χ2v) is 6.06. The molecule has 1 aromatic carbocycles. The molecule has 1 aromatic rings. The van der Waals surface area contributed by atoms with E-state index in [0.717, 1.165) is 23.5 Å². The molecule has 0 spiro atoms. The molecule has 0 amide bonds. The van der Waals surface area contributed by atoms with E-state index in [-0.39, 0.29) is 5.82 Å². The molecule has 19 heavy (non-hydrogen) atoms. The third kappa shape index (κ3) is 6.30. The third-order valence-corrected chi connectivity index (χ3v) is 3.62. The third-order valence-electron chi connectivity index (χ3n) is 2.63. The molecule has 1 N–H and O–H groups in total. The molecule has 0 saturated heterocycles. The molecule has 0 aliphatic carbocycles. The van der Waals surface area contributed by atoms with Gasteiger partial charge in [0.1, 0.15) is 0 Å². The second kappa shape index (κ2) is 9.21. The van der Waals surface area contributed by atoms with E-state index >= 15 is 0 Å². The zero-order valence-corrected chi connectivity index (χ0v) is 12.9. The van der Waals surface area contributed by atoms with Crippen molar-refractivity contribution in [3.63, 3.8) is 0 Å². The first-order chi connectivity index (χ1) is 9.15. The zero-order chi connectivity index (χ0) is 14.1. The molecule has 0 bridgehead atoms. The van der Waals surface area contributed by atoms with Crippen LogP contribution in [0.4, 0.5) is 4.39 Å². The number of rotatable bonds is 9. The van der Waals surface area contributed by atoms with E-state index in [2.05, 4.69) is 26.1 Å². The average molecular weight is 285 g/mol. The molecule has 0 radical (unpaired) electrons. The minimum absolute atomic E-state index is 0.272. The van der Waals surface area contributed by atoms with E-state index in [1.165, 1.54) is 6.07 Å². The number of halogens is 1. The minimum Gasteiger partial charge on any atom is -0.490 e. The summed E-state index contributed by atoms with van der Waals surface area (Å²) in [5, 5.41) is 3.29. The molecule has 0 aromatic heterocycles. The van der Waals surface area contributed by atoms with E-state index in [9.17, 15) is 4.39 Å². The average Bonchev–Trinajstić information content (AvgIpc) is 2.38. The predicted molar refractivity (Wildman–Crippen MR) is 81.5 cm³/mol. The Morgan fingerprint density at radius 3 is 2.84 bits per heavy atom. The highest BCUT2D eigenvalue weighted by atomic mass is 32.2. The largest absolute Gasteiger partial charge is 0.490 e. The smallest absolute Gasteiger partial charge is 0.165 e. The van der Waals surface area contributed by atoms with Gasteiger partial charge >= 0.3 is 0 Å². The normalized spacial score (nSPS) is 11.0. The lowest BCUT2D eigenvalue weighted by Crippen LogP contribution is -2.22. The fraction of sp³-hybridized carbons (Fsp3) is 0.600. The van der Waals surface area contributed by atoms with Crippen molar-refractivity contribution in [2.24, 2.45) is 0 Å². The van der Waals surface area contributed by atoms with Gasteiger partial charge in [-0.1, -0.05) is 32.9 Å². The molecule has 0 unspecified atom stereocenters. The highest BCUT2D eigenvalue weighted by Crippen LogP contribution is 2.23. The van der Waals surface area contributed by atoms with Gasteiger partial charge in [0.25, 0.3) is 0 Å². The van der Waals surface area contributed by atoms with Crippen LogP contribution in [0, 0.1) is 5.82 Å². The van der Waals surface area contributed by atoms with Crippen LogP contribution in [0.15, 0.2) is 18.2 Å². The number of benzene rings is 1. The van der Waals surface area contributed by atoms with Crippen LogP contribution in [0.25, 0.3) is 0 Å². The van der Waals surface area contributed by atoms with E-state index in [0.29, 0.717) is 24.9 Å². The summed E-state index contributed by atoms with van der Waals surface area (Å²) in [4.78, 5) is 0. The topological polar surface area (TPSA) is 21.3 Å². The van der Waals surface area contributed by atoms with Crippen molar-refractivity contribution in [1.82, 2.24) is 5.32 Å². The van der Waals surface area contributed by atoms with Crippen LogP contribution in [0.3, 0.4) is 0 Å². The molecule has 108 valence electrons. The number of hydrogen-bond donors (Lipinski definition) is 1. The van der Waals surface area contributed by atoms with Crippen LogP contribution >= 0.6 is 11.8 Å². The summed E-state index contributed by atoms with van der Waals surface area (Å²) in [6.45, 7) is 7.48. The molecule has 0 saturated carbocycles. The summed E-state index contributed by atoms with van der Waals surface area (Å²) in [5.74, 6) is 2.30. The Morgan fingerprint density at radius 1 is 1.37 bits per heavy atom. The molecule has 4 heteroatoms. The van der Waals surface area contributed by atoms with E-state index in [1.54, 1.807) is 6.07 Å². The van der Waals surface area contributed by atoms with Gasteiger partial charge in [0.05, 0.1) is 6.61 Å². The van der Waals surface area contributed by atoms with Crippen molar-refractivity contribution >= 4 is 11.8 Å². The van der Waals surface area contributed by atoms with E-state index < -0.39 is 0 Å². The lowest BCUT2D eigenvalue weighted by Gasteiger charge is -2.14. The summed E-state index contributed by atoms with van der Waals surface area (Å²) < 4.78 is 19.4. The maximum Gasteiger partial charge on any atom is 0.165 e. The predicted octanol–water partition coefficient (Wildman–Crippen LogP) is 3.85. The van der Waals surface area contributed by atoms with Crippen LogP contribution < -0.4 is 10.1 Å². The molecule has 2 nitrogen and oxygen atoms in total. The van der Waals surface area contributed by atoms with Gasteiger partial charge in [-0.3, -0.25) is 0 Å². The van der Waals surface area contributed by atoms with Gasteiger partial charge in [-0.25, -0.2) is 4.39 Å². The molecule has 0 fully saturated rings. The van der Waals surface area contributed by atoms with Gasteiger partial charge in [0.2, 0.25) is 0 Å². The minimum atomic E-state index is -0.272. The first-order valence-corrected chi connectivity index (χ1v) is 8.02. The SMILES string of the molecule is CCSCCCOc1c(F)cccc1CNC(C)C. The van der Waals surface area contributed by atoms with E-state index in [1.807, 2.05) is 17.8 Å². The molecular formula is C15H24FNOS. The number of thioether (sulfide) groups is 1. The Morgan fingerprint density at radius 2 is 2.16 bits per heavy atom. The van der Waals surface area contributed by atoms with Gasteiger partial charge in [-0.15, -0.1) is 0 Å². The van der Waals surface area contributed by atoms with Crippen LogP contribution in [-0.2, 0) is 6.54 Å². The molecule has 0 atom stereocenters. The Balaban J connectivity index is 2.54. The summed E-state index contributed by atoms with van der Waals surface area (Å²) in [6, 6.07) is 5.47. The maximum atomic E-state index is 13.8. The zero-order valence-electron chi connectivity index (χ0n) is 12.0. The first-order valence-electron chi connectivity index (χ1n) is 6.86. The number of hydrogen-bond acceptors (Lipinski definition) is 3. The van der Waals surface area contributed by atoms with Crippen molar-refractivity contribution in [3.8, 4) is 5.75 Å². The van der Waals surface area contributed by atoms with Gasteiger partial charge in [0, 0.05) is 18.2 Å². The number of ether oxygens (including phenoxy) is 1. The quantitative estimate of drug-likeness (QED) is 0.696. The molecule has 1 rings (SSSR count). The Bertz CT molecular complexity index is 371. The fourth-order valence-corrected chi connectivity index (χ4v) is 2.26. The molecule has 0 heterocycles. The molecular weight excluding hydrogens is 261 g/mol. The molecule has 0 aliphatic rings. The second-order valence-electron chi connectivity index (χ2n) is 4.66. The van der Waals surface area contributed by atoms with Gasteiger partial charge < -0.3 is 10.1 Å². The van der Waals surface area contributed by atoms with Crippen molar-refractivity contribution in [3.05, 3.63) is 29.6 Å². The Kier molecular flexibility index (Phi) is 7.91. The lowest BCUT2D eigenvalue weighted by atomic mass is 10.2. The lowest BCUT2D eigenvalue weighted by molar-refractivity contribution is 0.298. The van der Waals surface area contributed by atoms with Gasteiger partial charge in [0.15, 0.2) is 11.6 Å². The number of para-hydroxylation sites is 1. The van der Waals surface area contributed by atoms with Gasteiger partial charge in [-0.2, -0.15) is 11.8 Å². The Hall–Kier alpha value is -0.740. The Labute approximate surface area is 120 Å². The summed E-state index contributed by atoms with van der Waals surface area (Å²) in [5.41, 5.74) is 0.886. The van der Waals surface area contributed by atoms with Crippen molar-refractivity contribution in [2.75, 3.05) is 18.1 Å². The molecule has 0 aliphatic heterocycles. The highest BCUT2D eigenvalue weighted by molar-refractivity contribution is 7.99. The fourth-order valence-electron chi connectivity index (χ4n) is 1.65. The first kappa shape index (κ1) is 16.3. The van der Waals surface area contributed by atoms with Crippen LogP contribution in [-0.4, -0.2) is 24.2 Å². The van der Waals surface area contributed by atoms with Crippen LogP contribution in [0.5, 0.6) is 5.75 Å². The van der Waals surface area contributed by atoms with Gasteiger partial charge in [-0.05, 0) is 24.0 Å². The van der Waals surface area contributed by atoms with Crippen LogP contribution in [0.2, 0.25) is 0 Å². The summed E-state index contributed by atoms with van der Waals surface area (Å²) in [7, 11) is 0.